The van der Waals surface area contributed by atoms with Gasteiger partial charge >= 0.3 is 0 Å². The van der Waals surface area contributed by atoms with E-state index in [0.29, 0.717) is 6.61 Å². The molecule has 0 spiro atoms. The molecule has 2 aromatic heterocycles. The zero-order valence-corrected chi connectivity index (χ0v) is 19.9. The van der Waals surface area contributed by atoms with E-state index in [1.54, 1.807) is 0 Å². The molecule has 2 aromatic carbocycles. The average Bonchev–Trinajstić information content (AvgIpc) is 3.54. The van der Waals surface area contributed by atoms with E-state index in [4.69, 9.17) is 18.9 Å². The predicted molar refractivity (Wildman–Crippen MR) is 130 cm³/mol. The maximum atomic E-state index is 6.68. The molecule has 2 saturated heterocycles. The van der Waals surface area contributed by atoms with Crippen LogP contribution in [-0.4, -0.2) is 46.5 Å². The van der Waals surface area contributed by atoms with Gasteiger partial charge in [0.05, 0.1) is 24.7 Å². The smallest absolute Gasteiger partial charge is 0.163 e. The van der Waals surface area contributed by atoms with Crippen molar-refractivity contribution in [2.24, 2.45) is 0 Å². The second-order valence-corrected chi connectivity index (χ2v) is 10.7. The minimum Gasteiger partial charge on any atom is -0.361 e. The molecule has 2 N–H and O–H groups in total. The van der Waals surface area contributed by atoms with Gasteiger partial charge in [-0.15, -0.1) is 0 Å². The number of aromatic amines is 2. The van der Waals surface area contributed by atoms with Crippen LogP contribution < -0.4 is 0 Å². The lowest BCUT2D eigenvalue weighted by Crippen LogP contribution is -2.45. The van der Waals surface area contributed by atoms with Gasteiger partial charge in [0.2, 0.25) is 0 Å². The van der Waals surface area contributed by atoms with E-state index in [2.05, 4.69) is 64.7 Å². The van der Waals surface area contributed by atoms with Crippen molar-refractivity contribution in [2.45, 2.75) is 69.4 Å². The Kier molecular flexibility index (Phi) is 4.23. The number of fused-ring (bicyclic) bond motifs is 5. The van der Waals surface area contributed by atoms with Crippen LogP contribution in [0.2, 0.25) is 0 Å². The third-order valence-electron chi connectivity index (χ3n) is 7.65. The van der Waals surface area contributed by atoms with E-state index in [0.717, 1.165) is 11.0 Å². The molecule has 0 radical (unpaired) electrons. The van der Waals surface area contributed by atoms with Crippen LogP contribution in [0.5, 0.6) is 0 Å². The fourth-order valence-corrected chi connectivity index (χ4v) is 6.44. The molecule has 7 rings (SSSR count). The summed E-state index contributed by atoms with van der Waals surface area (Å²) in [5.41, 5.74) is 5.93. The van der Waals surface area contributed by atoms with Crippen molar-refractivity contribution < 1.29 is 18.9 Å². The predicted octanol–water partition coefficient (Wildman–Crippen LogP) is 5.55. The van der Waals surface area contributed by atoms with E-state index in [1.165, 1.54) is 27.6 Å². The molecule has 0 amide bonds. The highest BCUT2D eigenvalue weighted by Gasteiger charge is 2.58. The topological polar surface area (TPSA) is 68.5 Å². The van der Waals surface area contributed by atoms with Crippen molar-refractivity contribution in [2.75, 3.05) is 6.61 Å². The first-order chi connectivity index (χ1) is 16.3. The van der Waals surface area contributed by atoms with Crippen molar-refractivity contribution in [1.82, 2.24) is 9.97 Å². The van der Waals surface area contributed by atoms with Gasteiger partial charge in [0.1, 0.15) is 6.10 Å². The standard InChI is InChI=1S/C28H30N2O4/c1-27(2)31-14-20(32-27)23-21-16-10-6-8-12-19(16)30-24(21)22(25-26(23)34-28(3,4)33-25)17-13-29-18-11-7-5-9-15(17)18/h5-13,20,22-23,25-26,29-30H,14H2,1-4H3. The number of hydrogen-bond donors (Lipinski definition) is 2. The lowest BCUT2D eigenvalue weighted by atomic mass is 9.71. The Balaban J connectivity index is 1.49. The van der Waals surface area contributed by atoms with Gasteiger partial charge in [-0.2, -0.15) is 0 Å². The van der Waals surface area contributed by atoms with Crippen LogP contribution in [0.1, 0.15) is 56.4 Å². The molecule has 6 heteroatoms. The van der Waals surface area contributed by atoms with Gasteiger partial charge in [-0.25, -0.2) is 0 Å². The van der Waals surface area contributed by atoms with Gasteiger partial charge in [-0.05, 0) is 51.0 Å². The van der Waals surface area contributed by atoms with E-state index >= 15 is 0 Å². The number of aromatic nitrogens is 2. The van der Waals surface area contributed by atoms with Crippen LogP contribution in [0, 0.1) is 0 Å². The summed E-state index contributed by atoms with van der Waals surface area (Å²) >= 11 is 0. The molecule has 0 bridgehead atoms. The molecule has 5 unspecified atom stereocenters. The van der Waals surface area contributed by atoms with Gasteiger partial charge in [0, 0.05) is 39.6 Å². The Bertz CT molecular complexity index is 1400. The Morgan fingerprint density at radius 2 is 1.50 bits per heavy atom. The molecule has 0 saturated carbocycles. The number of rotatable bonds is 2. The molecule has 4 heterocycles. The number of benzene rings is 2. The Labute approximate surface area is 198 Å². The summed E-state index contributed by atoms with van der Waals surface area (Å²) in [6.45, 7) is 8.51. The van der Waals surface area contributed by atoms with Crippen LogP contribution >= 0.6 is 0 Å². The summed E-state index contributed by atoms with van der Waals surface area (Å²) in [4.78, 5) is 7.26. The van der Waals surface area contributed by atoms with Crippen LogP contribution in [0.25, 0.3) is 21.8 Å². The fraction of sp³-hybridized carbons (Fsp3) is 0.429. The minimum atomic E-state index is -0.688. The summed E-state index contributed by atoms with van der Waals surface area (Å²) in [6, 6.07) is 17.0. The van der Waals surface area contributed by atoms with Crippen molar-refractivity contribution in [3.05, 3.63) is 71.5 Å². The largest absolute Gasteiger partial charge is 0.361 e. The monoisotopic (exact) mass is 458 g/mol. The fourth-order valence-electron chi connectivity index (χ4n) is 6.44. The van der Waals surface area contributed by atoms with E-state index in [9.17, 15) is 0 Å². The molecule has 6 nitrogen and oxygen atoms in total. The normalized spacial score (nSPS) is 31.7. The lowest BCUT2D eigenvalue weighted by molar-refractivity contribution is -0.159. The third-order valence-corrected chi connectivity index (χ3v) is 7.65. The molecular formula is C28H30N2O4. The van der Waals surface area contributed by atoms with E-state index in [1.807, 2.05) is 27.7 Å². The Morgan fingerprint density at radius 3 is 2.26 bits per heavy atom. The van der Waals surface area contributed by atoms with Gasteiger partial charge in [0.25, 0.3) is 0 Å². The molecule has 5 atom stereocenters. The second kappa shape index (κ2) is 6.95. The number of ether oxygens (including phenoxy) is 4. The van der Waals surface area contributed by atoms with Crippen LogP contribution in [0.4, 0.5) is 0 Å². The highest BCUT2D eigenvalue weighted by atomic mass is 16.8. The third kappa shape index (κ3) is 2.96. The van der Waals surface area contributed by atoms with Gasteiger partial charge < -0.3 is 28.9 Å². The Hall–Kier alpha value is -2.64. The minimum absolute atomic E-state index is 0.00286. The molecule has 4 aromatic rings. The SMILES string of the molecule is CC1(C)OCC(C2c3c([nH]c4ccccc34)C(c3c[nH]c4ccccc34)C3OC(C)(C)OC32)O1. The first kappa shape index (κ1) is 20.7. The number of para-hydroxylation sites is 2. The second-order valence-electron chi connectivity index (χ2n) is 10.7. The highest BCUT2D eigenvalue weighted by molar-refractivity contribution is 5.88. The highest BCUT2D eigenvalue weighted by Crippen LogP contribution is 2.55. The van der Waals surface area contributed by atoms with Gasteiger partial charge in [0.15, 0.2) is 11.6 Å². The number of H-pyrrole nitrogens is 2. The van der Waals surface area contributed by atoms with Crippen LogP contribution in [0.15, 0.2) is 54.7 Å². The lowest BCUT2D eigenvalue weighted by Gasteiger charge is -2.39. The molecule has 34 heavy (non-hydrogen) atoms. The van der Waals surface area contributed by atoms with Gasteiger partial charge in [-0.3, -0.25) is 0 Å². The van der Waals surface area contributed by atoms with Crippen molar-refractivity contribution in [3.8, 4) is 0 Å². The summed E-state index contributed by atoms with van der Waals surface area (Å²) in [7, 11) is 0. The molecule has 3 aliphatic rings. The summed E-state index contributed by atoms with van der Waals surface area (Å²) in [6.07, 6.45) is 1.69. The molecule has 1 aliphatic carbocycles. The molecule has 2 fully saturated rings. The van der Waals surface area contributed by atoms with Gasteiger partial charge in [-0.1, -0.05) is 36.4 Å². The zero-order valence-electron chi connectivity index (χ0n) is 19.9. The Morgan fingerprint density at radius 1 is 0.794 bits per heavy atom. The summed E-state index contributed by atoms with van der Waals surface area (Å²) in [5.74, 6) is -1.32. The maximum Gasteiger partial charge on any atom is 0.163 e. The van der Waals surface area contributed by atoms with Crippen LogP contribution in [0.3, 0.4) is 0 Å². The molecule has 176 valence electrons. The number of nitrogens with one attached hydrogen (secondary N) is 2. The van der Waals surface area contributed by atoms with E-state index < -0.39 is 11.6 Å². The zero-order chi connectivity index (χ0) is 23.2. The van der Waals surface area contributed by atoms with Crippen molar-refractivity contribution in [3.63, 3.8) is 0 Å². The summed E-state index contributed by atoms with van der Waals surface area (Å²) < 4.78 is 25.9. The quantitative estimate of drug-likeness (QED) is 0.413. The van der Waals surface area contributed by atoms with Crippen molar-refractivity contribution >= 4 is 21.8 Å². The number of hydrogen-bond acceptors (Lipinski definition) is 4. The first-order valence-electron chi connectivity index (χ1n) is 12.2. The first-order valence-corrected chi connectivity index (χ1v) is 12.2. The summed E-state index contributed by atoms with van der Waals surface area (Å²) in [5, 5.41) is 2.43. The average molecular weight is 459 g/mol. The molecule has 2 aliphatic heterocycles. The maximum absolute atomic E-state index is 6.68. The van der Waals surface area contributed by atoms with E-state index in [-0.39, 0.29) is 30.1 Å². The molecular weight excluding hydrogens is 428 g/mol. The van der Waals surface area contributed by atoms with Crippen molar-refractivity contribution in [1.29, 1.82) is 0 Å². The van der Waals surface area contributed by atoms with Crippen LogP contribution in [-0.2, 0) is 18.9 Å².